The molecule has 0 unspecified atom stereocenters. The van der Waals surface area contributed by atoms with Crippen LogP contribution in [-0.2, 0) is 9.59 Å². The first-order valence-electron chi connectivity index (χ1n) is 8.71. The van der Waals surface area contributed by atoms with Crippen LogP contribution >= 0.6 is 0 Å². The van der Waals surface area contributed by atoms with E-state index >= 15 is 0 Å². The average molecular weight is 298 g/mol. The summed E-state index contributed by atoms with van der Waals surface area (Å²) in [6, 6.07) is 0. The largest absolute Gasteiger partial charge is 0.370 e. The molecular weight excluding hydrogens is 264 g/mol. The molecule has 4 heteroatoms. The summed E-state index contributed by atoms with van der Waals surface area (Å²) in [6.45, 7) is 2.62. The zero-order valence-corrected chi connectivity index (χ0v) is 13.8. The van der Waals surface area contributed by atoms with E-state index in [0.29, 0.717) is 13.0 Å². The highest BCUT2D eigenvalue weighted by molar-refractivity contribution is 5.77. The molecule has 0 aliphatic heterocycles. The highest BCUT2D eigenvalue weighted by Gasteiger charge is 2.01. The molecule has 0 spiro atoms. The Balaban J connectivity index is 3.14. The molecule has 0 saturated heterocycles. The summed E-state index contributed by atoms with van der Waals surface area (Å²) in [6.07, 6.45) is 14.9. The molecule has 3 N–H and O–H groups in total. The first-order chi connectivity index (χ1) is 10.2. The molecule has 0 aromatic carbocycles. The predicted octanol–water partition coefficient (Wildman–Crippen LogP) is 3.68. The van der Waals surface area contributed by atoms with Crippen molar-refractivity contribution in [3.05, 3.63) is 0 Å². The van der Waals surface area contributed by atoms with Crippen molar-refractivity contribution < 1.29 is 9.59 Å². The minimum atomic E-state index is -0.370. The van der Waals surface area contributed by atoms with E-state index in [1.807, 2.05) is 0 Å². The highest BCUT2D eigenvalue weighted by atomic mass is 16.2. The Morgan fingerprint density at radius 1 is 0.762 bits per heavy atom. The molecule has 4 nitrogen and oxygen atoms in total. The Morgan fingerprint density at radius 2 is 1.24 bits per heavy atom. The minimum absolute atomic E-state index is 0.0344. The van der Waals surface area contributed by atoms with E-state index in [0.717, 1.165) is 12.8 Å². The van der Waals surface area contributed by atoms with Crippen LogP contribution in [0.4, 0.5) is 0 Å². The van der Waals surface area contributed by atoms with E-state index in [-0.39, 0.29) is 18.2 Å². The van der Waals surface area contributed by atoms with Crippen LogP contribution in [0.3, 0.4) is 0 Å². The van der Waals surface area contributed by atoms with Gasteiger partial charge in [0, 0.05) is 19.4 Å². The summed E-state index contributed by atoms with van der Waals surface area (Å²) in [7, 11) is 0. The summed E-state index contributed by atoms with van der Waals surface area (Å²) in [5.74, 6) is -0.336. The van der Waals surface area contributed by atoms with Crippen LogP contribution in [0.25, 0.3) is 0 Å². The lowest BCUT2D eigenvalue weighted by Crippen LogP contribution is -2.27. The van der Waals surface area contributed by atoms with Crippen molar-refractivity contribution >= 4 is 11.8 Å². The topological polar surface area (TPSA) is 72.2 Å². The van der Waals surface area contributed by atoms with Crippen LogP contribution in [0.2, 0.25) is 0 Å². The molecular formula is C17H34N2O2. The number of nitrogens with one attached hydrogen (secondary N) is 1. The van der Waals surface area contributed by atoms with Crippen LogP contribution in [0.5, 0.6) is 0 Å². The summed E-state index contributed by atoms with van der Waals surface area (Å²) in [4.78, 5) is 21.9. The van der Waals surface area contributed by atoms with Gasteiger partial charge in [-0.05, 0) is 6.42 Å². The normalized spacial score (nSPS) is 10.5. The molecule has 0 aliphatic rings. The average Bonchev–Trinajstić information content (AvgIpc) is 2.44. The zero-order chi connectivity index (χ0) is 15.8. The molecule has 2 amide bonds. The maximum absolute atomic E-state index is 11.4. The molecule has 0 radical (unpaired) electrons. The van der Waals surface area contributed by atoms with Gasteiger partial charge >= 0.3 is 0 Å². The molecule has 0 aromatic heterocycles. The van der Waals surface area contributed by atoms with Crippen molar-refractivity contribution in [2.45, 2.75) is 90.4 Å². The molecule has 0 fully saturated rings. The Kier molecular flexibility index (Phi) is 14.6. The lowest BCUT2D eigenvalue weighted by molar-refractivity contribution is -0.121. The summed E-state index contributed by atoms with van der Waals surface area (Å²) >= 11 is 0. The third-order valence-electron chi connectivity index (χ3n) is 3.70. The monoisotopic (exact) mass is 298 g/mol. The maximum atomic E-state index is 11.4. The molecule has 0 atom stereocenters. The van der Waals surface area contributed by atoms with Crippen molar-refractivity contribution in [2.24, 2.45) is 5.73 Å². The lowest BCUT2D eigenvalue weighted by Gasteiger charge is -2.04. The van der Waals surface area contributed by atoms with Crippen LogP contribution in [0, 0.1) is 0 Å². The van der Waals surface area contributed by atoms with E-state index in [1.165, 1.54) is 57.8 Å². The second-order valence-corrected chi connectivity index (χ2v) is 5.85. The van der Waals surface area contributed by atoms with Crippen LogP contribution in [0.15, 0.2) is 0 Å². The third-order valence-corrected chi connectivity index (χ3v) is 3.70. The standard InChI is InChI=1S/C17H34N2O2/c1-2-3-4-5-6-7-8-9-10-11-12-13-17(21)19-15-14-16(18)20/h2-15H2,1H3,(H2,18,20)(H,19,21). The van der Waals surface area contributed by atoms with Crippen LogP contribution < -0.4 is 11.1 Å². The Hall–Kier alpha value is -1.06. The van der Waals surface area contributed by atoms with Gasteiger partial charge in [0.05, 0.1) is 0 Å². The van der Waals surface area contributed by atoms with Gasteiger partial charge in [-0.15, -0.1) is 0 Å². The first kappa shape index (κ1) is 19.9. The molecule has 0 aromatic rings. The minimum Gasteiger partial charge on any atom is -0.370 e. The number of hydrogen-bond acceptors (Lipinski definition) is 2. The zero-order valence-electron chi connectivity index (χ0n) is 13.8. The number of carbonyl (C=O) groups is 2. The number of carbonyl (C=O) groups excluding carboxylic acids is 2. The number of unbranched alkanes of at least 4 members (excludes halogenated alkanes) is 10. The smallest absolute Gasteiger partial charge is 0.220 e. The molecule has 21 heavy (non-hydrogen) atoms. The van der Waals surface area contributed by atoms with Crippen molar-refractivity contribution in [3.8, 4) is 0 Å². The number of primary amides is 1. The van der Waals surface area contributed by atoms with Crippen molar-refractivity contribution in [1.82, 2.24) is 5.32 Å². The van der Waals surface area contributed by atoms with E-state index in [2.05, 4.69) is 12.2 Å². The summed E-state index contributed by atoms with van der Waals surface area (Å²) in [5.41, 5.74) is 5.00. The molecule has 124 valence electrons. The maximum Gasteiger partial charge on any atom is 0.220 e. The Labute approximate surface area is 130 Å². The van der Waals surface area contributed by atoms with Crippen molar-refractivity contribution in [1.29, 1.82) is 0 Å². The predicted molar refractivity (Wildman–Crippen MR) is 87.9 cm³/mol. The van der Waals surface area contributed by atoms with Gasteiger partial charge in [-0.25, -0.2) is 0 Å². The van der Waals surface area contributed by atoms with Crippen LogP contribution in [0.1, 0.15) is 90.4 Å². The second kappa shape index (κ2) is 15.3. The van der Waals surface area contributed by atoms with Crippen molar-refractivity contribution in [2.75, 3.05) is 6.54 Å². The molecule has 0 heterocycles. The number of rotatable bonds is 15. The van der Waals surface area contributed by atoms with E-state index in [1.54, 1.807) is 0 Å². The molecule has 0 rings (SSSR count). The van der Waals surface area contributed by atoms with Gasteiger partial charge in [0.15, 0.2) is 0 Å². The fourth-order valence-corrected chi connectivity index (χ4v) is 2.36. The lowest BCUT2D eigenvalue weighted by atomic mass is 10.1. The summed E-state index contributed by atoms with van der Waals surface area (Å²) in [5, 5.41) is 2.71. The van der Waals surface area contributed by atoms with Crippen molar-refractivity contribution in [3.63, 3.8) is 0 Å². The van der Waals surface area contributed by atoms with Crippen LogP contribution in [-0.4, -0.2) is 18.4 Å². The van der Waals surface area contributed by atoms with Gasteiger partial charge in [0.25, 0.3) is 0 Å². The first-order valence-corrected chi connectivity index (χ1v) is 8.71. The summed E-state index contributed by atoms with van der Waals surface area (Å²) < 4.78 is 0. The SMILES string of the molecule is CCCCCCCCCCCCCC(=O)NCCC(N)=O. The quantitative estimate of drug-likeness (QED) is 0.453. The Morgan fingerprint density at radius 3 is 1.71 bits per heavy atom. The van der Waals surface area contributed by atoms with Gasteiger partial charge in [0.1, 0.15) is 0 Å². The van der Waals surface area contributed by atoms with Gasteiger partial charge in [0.2, 0.25) is 11.8 Å². The van der Waals surface area contributed by atoms with Gasteiger partial charge in [-0.1, -0.05) is 71.1 Å². The number of nitrogens with two attached hydrogens (primary N) is 1. The fraction of sp³-hybridized carbons (Fsp3) is 0.882. The van der Waals surface area contributed by atoms with Gasteiger partial charge in [-0.2, -0.15) is 0 Å². The molecule has 0 saturated carbocycles. The second-order valence-electron chi connectivity index (χ2n) is 5.85. The number of hydrogen-bond donors (Lipinski definition) is 2. The molecule has 0 bridgehead atoms. The van der Waals surface area contributed by atoms with Gasteiger partial charge < -0.3 is 11.1 Å². The fourth-order valence-electron chi connectivity index (χ4n) is 2.36. The number of amides is 2. The van der Waals surface area contributed by atoms with E-state index < -0.39 is 0 Å². The van der Waals surface area contributed by atoms with E-state index in [4.69, 9.17) is 5.73 Å². The van der Waals surface area contributed by atoms with Gasteiger partial charge in [-0.3, -0.25) is 9.59 Å². The molecule has 0 aliphatic carbocycles. The third kappa shape index (κ3) is 16.9. The van der Waals surface area contributed by atoms with E-state index in [9.17, 15) is 9.59 Å². The highest BCUT2D eigenvalue weighted by Crippen LogP contribution is 2.11. The Bertz CT molecular complexity index is 268.